The van der Waals surface area contributed by atoms with Crippen molar-refractivity contribution in [2.45, 2.75) is 13.8 Å². The van der Waals surface area contributed by atoms with E-state index in [0.717, 1.165) is 20.6 Å². The fourth-order valence-corrected chi connectivity index (χ4v) is 2.28. The van der Waals surface area contributed by atoms with Gasteiger partial charge in [-0.05, 0) is 77.9 Å². The predicted molar refractivity (Wildman–Crippen MR) is 82.8 cm³/mol. The van der Waals surface area contributed by atoms with E-state index >= 15 is 0 Å². The van der Waals surface area contributed by atoms with E-state index < -0.39 is 0 Å². The van der Waals surface area contributed by atoms with E-state index in [1.54, 1.807) is 0 Å². The maximum Gasteiger partial charge on any atom is 0.0521 e. The summed E-state index contributed by atoms with van der Waals surface area (Å²) in [5.74, 6) is 0. The molecule has 0 spiro atoms. The van der Waals surface area contributed by atoms with Crippen molar-refractivity contribution >= 4 is 39.7 Å². The van der Waals surface area contributed by atoms with Gasteiger partial charge < -0.3 is 11.1 Å². The third-order valence-electron chi connectivity index (χ3n) is 2.78. The van der Waals surface area contributed by atoms with E-state index in [0.29, 0.717) is 0 Å². The lowest BCUT2D eigenvalue weighted by molar-refractivity contribution is 1.34. The second-order valence-electron chi connectivity index (χ2n) is 4.16. The van der Waals surface area contributed by atoms with Crippen molar-refractivity contribution in [1.29, 1.82) is 0 Å². The van der Waals surface area contributed by atoms with Crippen LogP contribution in [0, 0.1) is 17.4 Å². The molecule has 3 N–H and O–H groups in total. The standard InChI is InChI=1S/C14H15IN2/c1-9-3-5-12(7-10(9)2)17-14-6-4-11(16)8-13(14)15/h3-8,17H,16H2,1-2H3. The highest BCUT2D eigenvalue weighted by atomic mass is 127. The lowest BCUT2D eigenvalue weighted by Gasteiger charge is -2.10. The third-order valence-corrected chi connectivity index (χ3v) is 3.67. The van der Waals surface area contributed by atoms with Gasteiger partial charge in [0, 0.05) is 14.9 Å². The number of aryl methyl sites for hydroxylation is 2. The first kappa shape index (κ1) is 12.2. The van der Waals surface area contributed by atoms with E-state index in [1.165, 1.54) is 11.1 Å². The molecular weight excluding hydrogens is 323 g/mol. The second kappa shape index (κ2) is 4.96. The Morgan fingerprint density at radius 2 is 1.76 bits per heavy atom. The van der Waals surface area contributed by atoms with Gasteiger partial charge in [0.1, 0.15) is 0 Å². The molecule has 0 heterocycles. The molecule has 17 heavy (non-hydrogen) atoms. The van der Waals surface area contributed by atoms with Crippen LogP contribution in [-0.4, -0.2) is 0 Å². The largest absolute Gasteiger partial charge is 0.399 e. The molecule has 0 aromatic heterocycles. The summed E-state index contributed by atoms with van der Waals surface area (Å²) in [6.07, 6.45) is 0. The van der Waals surface area contributed by atoms with Crippen LogP contribution >= 0.6 is 22.6 Å². The maximum absolute atomic E-state index is 5.73. The molecule has 0 atom stereocenters. The monoisotopic (exact) mass is 338 g/mol. The van der Waals surface area contributed by atoms with Crippen molar-refractivity contribution in [2.24, 2.45) is 0 Å². The van der Waals surface area contributed by atoms with Crippen LogP contribution in [0.4, 0.5) is 17.1 Å². The second-order valence-corrected chi connectivity index (χ2v) is 5.33. The van der Waals surface area contributed by atoms with Gasteiger partial charge in [0.15, 0.2) is 0 Å². The van der Waals surface area contributed by atoms with Crippen molar-refractivity contribution in [2.75, 3.05) is 11.1 Å². The fourth-order valence-electron chi connectivity index (χ4n) is 1.61. The Morgan fingerprint density at radius 1 is 1.00 bits per heavy atom. The molecule has 0 bridgehead atoms. The molecule has 0 fully saturated rings. The molecule has 0 aliphatic heterocycles. The van der Waals surface area contributed by atoms with Gasteiger partial charge in [-0.2, -0.15) is 0 Å². The van der Waals surface area contributed by atoms with Gasteiger partial charge in [-0.3, -0.25) is 0 Å². The normalized spacial score (nSPS) is 10.3. The molecule has 0 aliphatic rings. The number of nitrogen functional groups attached to an aromatic ring is 1. The van der Waals surface area contributed by atoms with Crippen LogP contribution in [0.5, 0.6) is 0 Å². The van der Waals surface area contributed by atoms with Crippen LogP contribution in [0.15, 0.2) is 36.4 Å². The van der Waals surface area contributed by atoms with Gasteiger partial charge in [-0.25, -0.2) is 0 Å². The highest BCUT2D eigenvalue weighted by Gasteiger charge is 2.01. The Kier molecular flexibility index (Phi) is 3.57. The number of hydrogen-bond donors (Lipinski definition) is 2. The van der Waals surface area contributed by atoms with Crippen LogP contribution in [-0.2, 0) is 0 Å². The molecule has 0 saturated carbocycles. The van der Waals surface area contributed by atoms with E-state index in [9.17, 15) is 0 Å². The molecular formula is C14H15IN2. The quantitative estimate of drug-likeness (QED) is 0.635. The van der Waals surface area contributed by atoms with Crippen LogP contribution in [0.1, 0.15) is 11.1 Å². The summed E-state index contributed by atoms with van der Waals surface area (Å²) in [6.45, 7) is 4.24. The summed E-state index contributed by atoms with van der Waals surface area (Å²) in [5.41, 5.74) is 11.3. The van der Waals surface area contributed by atoms with Crippen molar-refractivity contribution in [3.63, 3.8) is 0 Å². The number of halogens is 1. The maximum atomic E-state index is 5.73. The van der Waals surface area contributed by atoms with E-state index in [2.05, 4.69) is 60.0 Å². The molecule has 2 nitrogen and oxygen atoms in total. The average molecular weight is 338 g/mol. The van der Waals surface area contributed by atoms with Gasteiger partial charge in [0.05, 0.1) is 5.69 Å². The fraction of sp³-hybridized carbons (Fsp3) is 0.143. The zero-order chi connectivity index (χ0) is 12.4. The Bertz CT molecular complexity index is 550. The minimum Gasteiger partial charge on any atom is -0.399 e. The van der Waals surface area contributed by atoms with Gasteiger partial charge in [0.25, 0.3) is 0 Å². The number of anilines is 3. The Labute approximate surface area is 115 Å². The summed E-state index contributed by atoms with van der Waals surface area (Å²) >= 11 is 2.29. The summed E-state index contributed by atoms with van der Waals surface area (Å²) in [4.78, 5) is 0. The van der Waals surface area contributed by atoms with Crippen molar-refractivity contribution in [3.8, 4) is 0 Å². The van der Waals surface area contributed by atoms with E-state index in [1.807, 2.05) is 18.2 Å². The summed E-state index contributed by atoms with van der Waals surface area (Å²) in [6, 6.07) is 12.3. The first-order chi connectivity index (χ1) is 8.06. The summed E-state index contributed by atoms with van der Waals surface area (Å²) in [7, 11) is 0. The van der Waals surface area contributed by atoms with Crippen molar-refractivity contribution < 1.29 is 0 Å². The first-order valence-corrected chi connectivity index (χ1v) is 6.53. The zero-order valence-corrected chi connectivity index (χ0v) is 12.1. The third kappa shape index (κ3) is 2.91. The smallest absolute Gasteiger partial charge is 0.0521 e. The number of hydrogen-bond acceptors (Lipinski definition) is 2. The molecule has 0 amide bonds. The molecule has 0 aliphatic carbocycles. The van der Waals surface area contributed by atoms with Gasteiger partial charge in [-0.15, -0.1) is 0 Å². The summed E-state index contributed by atoms with van der Waals surface area (Å²) in [5, 5.41) is 3.40. The molecule has 2 rings (SSSR count). The first-order valence-electron chi connectivity index (χ1n) is 5.45. The summed E-state index contributed by atoms with van der Waals surface area (Å²) < 4.78 is 1.13. The minimum absolute atomic E-state index is 0.792. The lowest BCUT2D eigenvalue weighted by atomic mass is 10.1. The number of rotatable bonds is 2. The van der Waals surface area contributed by atoms with Crippen LogP contribution in [0.2, 0.25) is 0 Å². The topological polar surface area (TPSA) is 38.0 Å². The predicted octanol–water partition coefficient (Wildman–Crippen LogP) is 4.23. The SMILES string of the molecule is Cc1ccc(Nc2ccc(N)cc2I)cc1C. The van der Waals surface area contributed by atoms with Gasteiger partial charge in [0.2, 0.25) is 0 Å². The zero-order valence-electron chi connectivity index (χ0n) is 9.92. The van der Waals surface area contributed by atoms with Gasteiger partial charge >= 0.3 is 0 Å². The molecule has 2 aromatic rings. The Morgan fingerprint density at radius 3 is 2.41 bits per heavy atom. The molecule has 0 saturated heterocycles. The average Bonchev–Trinajstić information content (AvgIpc) is 2.27. The highest BCUT2D eigenvalue weighted by molar-refractivity contribution is 14.1. The Balaban J connectivity index is 2.28. The molecule has 3 heteroatoms. The molecule has 2 aromatic carbocycles. The van der Waals surface area contributed by atoms with Crippen LogP contribution < -0.4 is 11.1 Å². The lowest BCUT2D eigenvalue weighted by Crippen LogP contribution is -1.95. The van der Waals surface area contributed by atoms with Crippen LogP contribution in [0.25, 0.3) is 0 Å². The molecule has 0 unspecified atom stereocenters. The Hall–Kier alpha value is -1.23. The molecule has 0 radical (unpaired) electrons. The van der Waals surface area contributed by atoms with Gasteiger partial charge in [-0.1, -0.05) is 6.07 Å². The van der Waals surface area contributed by atoms with E-state index in [4.69, 9.17) is 5.73 Å². The number of nitrogens with two attached hydrogens (primary N) is 1. The number of benzene rings is 2. The van der Waals surface area contributed by atoms with Crippen molar-refractivity contribution in [1.82, 2.24) is 0 Å². The number of nitrogens with one attached hydrogen (secondary N) is 1. The van der Waals surface area contributed by atoms with Crippen LogP contribution in [0.3, 0.4) is 0 Å². The van der Waals surface area contributed by atoms with E-state index in [-0.39, 0.29) is 0 Å². The van der Waals surface area contributed by atoms with Crippen molar-refractivity contribution in [3.05, 3.63) is 51.1 Å². The minimum atomic E-state index is 0.792. The highest BCUT2D eigenvalue weighted by Crippen LogP contribution is 2.25. The molecule has 88 valence electrons.